The second-order valence-corrected chi connectivity index (χ2v) is 15.2. The van der Waals surface area contributed by atoms with Gasteiger partial charge >= 0.3 is 0 Å². The fourth-order valence-corrected chi connectivity index (χ4v) is 10.7. The summed E-state index contributed by atoms with van der Waals surface area (Å²) in [6.45, 7) is 23.2. The zero-order valence-electron chi connectivity index (χ0n) is 23.3. The van der Waals surface area contributed by atoms with Gasteiger partial charge in [-0.25, -0.2) is 4.85 Å². The Balaban J connectivity index is 1.65. The molecule has 0 aliphatic heterocycles. The van der Waals surface area contributed by atoms with Gasteiger partial charge in [-0.15, -0.1) is 0 Å². The third-order valence-electron chi connectivity index (χ3n) is 12.9. The number of nitrogens with two attached hydrogens (primary N) is 1. The molecule has 5 rings (SSSR count). The Bertz CT molecular complexity index is 1130. The summed E-state index contributed by atoms with van der Waals surface area (Å²) in [5, 5.41) is 0. The van der Waals surface area contributed by atoms with Crippen molar-refractivity contribution in [2.75, 3.05) is 0 Å². The number of primary amides is 1. The Morgan fingerprint density at radius 1 is 0.944 bits per heavy atom. The van der Waals surface area contributed by atoms with Crippen molar-refractivity contribution < 1.29 is 14.4 Å². The number of carbonyl (C=O) groups excluding carboxylic acids is 3. The van der Waals surface area contributed by atoms with E-state index in [2.05, 4.69) is 39.5 Å². The molecule has 4 saturated carbocycles. The van der Waals surface area contributed by atoms with Crippen molar-refractivity contribution in [3.8, 4) is 0 Å². The zero-order valence-corrected chi connectivity index (χ0v) is 23.3. The first-order valence-electron chi connectivity index (χ1n) is 14.0. The fraction of sp³-hybridized carbons (Fsp3) is 0.806. The van der Waals surface area contributed by atoms with Crippen LogP contribution in [0.15, 0.2) is 11.8 Å². The summed E-state index contributed by atoms with van der Waals surface area (Å²) in [7, 11) is 0. The highest BCUT2D eigenvalue weighted by molar-refractivity contribution is 6.02. The van der Waals surface area contributed by atoms with E-state index in [9.17, 15) is 14.4 Å². The molecular weight excluding hydrogens is 448 g/mol. The lowest BCUT2D eigenvalue weighted by Gasteiger charge is -2.71. The quantitative estimate of drug-likeness (QED) is 0.447. The minimum absolute atomic E-state index is 0.00739. The molecule has 0 unspecified atom stereocenters. The maximum atomic E-state index is 14.4. The van der Waals surface area contributed by atoms with Gasteiger partial charge < -0.3 is 10.5 Å². The van der Waals surface area contributed by atoms with Gasteiger partial charge in [-0.1, -0.05) is 54.5 Å². The average molecular weight is 493 g/mol. The van der Waals surface area contributed by atoms with Crippen LogP contribution in [0.5, 0.6) is 0 Å². The van der Waals surface area contributed by atoms with Crippen LogP contribution in [0.4, 0.5) is 0 Å². The van der Waals surface area contributed by atoms with E-state index in [-0.39, 0.29) is 63.1 Å². The molecule has 2 N–H and O–H groups in total. The maximum absolute atomic E-state index is 14.4. The van der Waals surface area contributed by atoms with Crippen LogP contribution in [-0.2, 0) is 14.4 Å². The number of nitrogens with zero attached hydrogens (tertiary/aromatic N) is 1. The third-order valence-corrected chi connectivity index (χ3v) is 12.9. The van der Waals surface area contributed by atoms with Crippen molar-refractivity contribution in [2.24, 2.45) is 61.9 Å². The minimum Gasteiger partial charge on any atom is -0.369 e. The maximum Gasteiger partial charge on any atom is 0.226 e. The number of fused-ring (bicyclic) bond motifs is 7. The molecule has 5 heteroatoms. The molecular formula is C31H44N2O3. The molecule has 5 aliphatic carbocycles. The largest absolute Gasteiger partial charge is 0.369 e. The average Bonchev–Trinajstić information content (AvgIpc) is 2.77. The molecule has 0 radical (unpaired) electrons. The standard InChI is InChI=1S/C31H44N2O3/c1-26(2)11-13-31(25(32)36)14-12-30(7)23(18(31)16-26)20(34)15-22-28(5)17-19(33-8)24(35)27(3,4)21(28)9-10-29(22,30)6/h17-18,21-23H,9-16H2,1-7H3,(H2,32,36)/t18-,21-,22+,23-,28-,29+,30+,31-/m0/s1. The molecule has 0 saturated heterocycles. The molecule has 0 spiro atoms. The van der Waals surface area contributed by atoms with Crippen LogP contribution in [-0.4, -0.2) is 17.5 Å². The Labute approximate surface area is 216 Å². The van der Waals surface area contributed by atoms with Gasteiger partial charge in [-0.3, -0.25) is 9.59 Å². The number of ketones is 2. The third kappa shape index (κ3) is 2.91. The van der Waals surface area contributed by atoms with Crippen LogP contribution in [0.3, 0.4) is 0 Å². The number of hydrogen-bond donors (Lipinski definition) is 1. The number of rotatable bonds is 1. The SMILES string of the molecule is [C-]#[N+]C1=C[C@]2(C)[C@H]3CC(=O)[C@@H]4[C@@H]5CC(C)(C)CC[C@]5(C(N)=O)CC[C@@]4(C)[C@]3(C)CC[C@H]2C(C)(C)C1=O. The van der Waals surface area contributed by atoms with E-state index in [1.807, 2.05) is 19.9 Å². The monoisotopic (exact) mass is 492 g/mol. The highest BCUT2D eigenvalue weighted by Gasteiger charge is 2.72. The van der Waals surface area contributed by atoms with Gasteiger partial charge in [-0.05, 0) is 84.4 Å². The fourth-order valence-electron chi connectivity index (χ4n) is 10.7. The predicted octanol–water partition coefficient (Wildman–Crippen LogP) is 6.12. The summed E-state index contributed by atoms with van der Waals surface area (Å²) < 4.78 is 0. The van der Waals surface area contributed by atoms with Gasteiger partial charge in [0.2, 0.25) is 11.6 Å². The normalized spacial score (nSPS) is 48.9. The highest BCUT2D eigenvalue weighted by Crippen LogP contribution is 2.75. The lowest BCUT2D eigenvalue weighted by atomic mass is 9.31. The molecule has 4 fully saturated rings. The number of allylic oxidation sites excluding steroid dienone is 2. The lowest BCUT2D eigenvalue weighted by molar-refractivity contribution is -0.221. The molecule has 5 nitrogen and oxygen atoms in total. The molecule has 5 aliphatic rings. The van der Waals surface area contributed by atoms with Crippen molar-refractivity contribution in [3.63, 3.8) is 0 Å². The van der Waals surface area contributed by atoms with Crippen LogP contribution in [0, 0.1) is 62.7 Å². The number of Topliss-reactive ketones (excluding diaryl/α,β-unsaturated/α-hetero) is 2. The summed E-state index contributed by atoms with van der Waals surface area (Å²) in [5.41, 5.74) is 4.53. The summed E-state index contributed by atoms with van der Waals surface area (Å²) >= 11 is 0. The Morgan fingerprint density at radius 2 is 1.58 bits per heavy atom. The number of carbonyl (C=O) groups is 3. The van der Waals surface area contributed by atoms with Crippen molar-refractivity contribution >= 4 is 17.5 Å². The minimum atomic E-state index is -0.618. The van der Waals surface area contributed by atoms with Gasteiger partial charge in [0.05, 0.1) is 12.0 Å². The van der Waals surface area contributed by atoms with Crippen LogP contribution in [0.25, 0.3) is 4.85 Å². The van der Waals surface area contributed by atoms with Gasteiger partial charge in [0, 0.05) is 17.8 Å². The number of hydrogen-bond acceptors (Lipinski definition) is 3. The molecule has 0 heterocycles. The van der Waals surface area contributed by atoms with E-state index in [0.717, 1.165) is 44.9 Å². The predicted molar refractivity (Wildman–Crippen MR) is 139 cm³/mol. The first kappa shape index (κ1) is 25.7. The van der Waals surface area contributed by atoms with Gasteiger partial charge in [0.25, 0.3) is 0 Å². The van der Waals surface area contributed by atoms with Crippen molar-refractivity contribution in [2.45, 2.75) is 99.8 Å². The van der Waals surface area contributed by atoms with Crippen molar-refractivity contribution in [1.29, 1.82) is 0 Å². The van der Waals surface area contributed by atoms with E-state index in [0.29, 0.717) is 6.42 Å². The molecule has 36 heavy (non-hydrogen) atoms. The van der Waals surface area contributed by atoms with E-state index < -0.39 is 16.2 Å². The summed E-state index contributed by atoms with van der Waals surface area (Å²) in [5.74, 6) is 0.0213. The summed E-state index contributed by atoms with van der Waals surface area (Å²) in [6.07, 6.45) is 8.51. The van der Waals surface area contributed by atoms with E-state index in [1.54, 1.807) is 0 Å². The molecule has 1 amide bonds. The van der Waals surface area contributed by atoms with Gasteiger partial charge in [-0.2, -0.15) is 0 Å². The van der Waals surface area contributed by atoms with Crippen LogP contribution in [0.2, 0.25) is 0 Å². The molecule has 0 aromatic heterocycles. The smallest absolute Gasteiger partial charge is 0.226 e. The molecule has 8 atom stereocenters. The Kier molecular flexibility index (Phi) is 5.23. The second-order valence-electron chi connectivity index (χ2n) is 15.2. The van der Waals surface area contributed by atoms with Crippen molar-refractivity contribution in [1.82, 2.24) is 0 Å². The van der Waals surface area contributed by atoms with Crippen molar-refractivity contribution in [3.05, 3.63) is 23.2 Å². The van der Waals surface area contributed by atoms with E-state index in [1.165, 1.54) is 0 Å². The topological polar surface area (TPSA) is 81.6 Å². The Morgan fingerprint density at radius 3 is 2.19 bits per heavy atom. The van der Waals surface area contributed by atoms with Crippen LogP contribution in [0.1, 0.15) is 99.8 Å². The highest BCUT2D eigenvalue weighted by atomic mass is 16.1. The number of amides is 1. The molecule has 0 bridgehead atoms. The van der Waals surface area contributed by atoms with Gasteiger partial charge in [0.15, 0.2) is 5.78 Å². The first-order chi connectivity index (χ1) is 16.5. The first-order valence-corrected chi connectivity index (χ1v) is 14.0. The molecule has 196 valence electrons. The van der Waals surface area contributed by atoms with Crippen LogP contribution >= 0.6 is 0 Å². The second kappa shape index (κ2) is 7.33. The van der Waals surface area contributed by atoms with Crippen LogP contribution < -0.4 is 5.73 Å². The zero-order chi connectivity index (χ0) is 26.7. The summed E-state index contributed by atoms with van der Waals surface area (Å²) in [4.78, 5) is 44.2. The molecule has 0 aromatic rings. The van der Waals surface area contributed by atoms with E-state index >= 15 is 0 Å². The summed E-state index contributed by atoms with van der Waals surface area (Å²) in [6, 6.07) is 0. The Hall–Kier alpha value is -1.96. The van der Waals surface area contributed by atoms with Gasteiger partial charge in [0.1, 0.15) is 5.78 Å². The lowest BCUT2D eigenvalue weighted by Crippen LogP contribution is -2.69. The molecule has 0 aromatic carbocycles. The van der Waals surface area contributed by atoms with E-state index in [4.69, 9.17) is 12.3 Å².